The van der Waals surface area contributed by atoms with E-state index >= 15 is 0 Å². The van der Waals surface area contributed by atoms with Gasteiger partial charge in [0.2, 0.25) is 0 Å². The molecule has 0 radical (unpaired) electrons. The van der Waals surface area contributed by atoms with Gasteiger partial charge in [-0.05, 0) is 37.3 Å². The Morgan fingerprint density at radius 1 is 1.12 bits per heavy atom. The van der Waals surface area contributed by atoms with E-state index < -0.39 is 28.7 Å². The number of aliphatic carboxylic acids is 2. The highest BCUT2D eigenvalue weighted by Crippen LogP contribution is 2.60. The molecule has 3 atom stereocenters. The minimum absolute atomic E-state index is 0.0696. The van der Waals surface area contributed by atoms with Crippen molar-refractivity contribution in [1.82, 2.24) is 0 Å². The molecule has 0 heterocycles. The van der Waals surface area contributed by atoms with E-state index in [2.05, 4.69) is 0 Å². The Labute approximate surface area is 141 Å². The first-order valence-corrected chi connectivity index (χ1v) is 8.33. The molecule has 1 aromatic rings. The van der Waals surface area contributed by atoms with Crippen LogP contribution in [0.5, 0.6) is 0 Å². The van der Waals surface area contributed by atoms with Crippen molar-refractivity contribution in [3.63, 3.8) is 0 Å². The van der Waals surface area contributed by atoms with Crippen LogP contribution in [0.2, 0.25) is 0 Å². The lowest BCUT2D eigenvalue weighted by atomic mass is 9.47. The second kappa shape index (κ2) is 6.38. The van der Waals surface area contributed by atoms with Crippen molar-refractivity contribution >= 4 is 17.7 Å². The highest BCUT2D eigenvalue weighted by molar-refractivity contribution is 5.99. The zero-order valence-electron chi connectivity index (χ0n) is 14.3. The average molecular weight is 332 g/mol. The summed E-state index contributed by atoms with van der Waals surface area (Å²) in [5.74, 6) is -3.44. The number of hydrogen-bond donors (Lipinski definition) is 2. The lowest BCUT2D eigenvalue weighted by molar-refractivity contribution is -0.185. The van der Waals surface area contributed by atoms with E-state index in [1.54, 1.807) is 26.0 Å². The number of carboxylic acid groups (broad SMARTS) is 2. The van der Waals surface area contributed by atoms with Crippen molar-refractivity contribution in [2.45, 2.75) is 52.4 Å². The topological polar surface area (TPSA) is 91.7 Å². The molecule has 5 heteroatoms. The van der Waals surface area contributed by atoms with Gasteiger partial charge in [0.1, 0.15) is 5.78 Å². The predicted octanol–water partition coefficient (Wildman–Crippen LogP) is 3.40. The molecule has 0 unspecified atom stereocenters. The molecule has 1 aliphatic carbocycles. The van der Waals surface area contributed by atoms with Crippen molar-refractivity contribution in [3.8, 4) is 0 Å². The molecular weight excluding hydrogens is 308 g/mol. The van der Waals surface area contributed by atoms with E-state index in [0.29, 0.717) is 5.56 Å². The fraction of sp³-hybridized carbons (Fsp3) is 0.526. The minimum atomic E-state index is -1.64. The summed E-state index contributed by atoms with van der Waals surface area (Å²) in [7, 11) is 0. The van der Waals surface area contributed by atoms with Crippen LogP contribution in [-0.2, 0) is 14.4 Å². The number of carbonyl (C=O) groups is 3. The molecule has 2 rings (SSSR count). The molecule has 1 fully saturated rings. The van der Waals surface area contributed by atoms with Crippen LogP contribution < -0.4 is 0 Å². The van der Waals surface area contributed by atoms with Crippen molar-refractivity contribution < 1.29 is 24.6 Å². The number of hydrogen-bond acceptors (Lipinski definition) is 3. The highest BCUT2D eigenvalue weighted by atomic mass is 16.4. The summed E-state index contributed by atoms with van der Waals surface area (Å²) >= 11 is 0. The molecule has 2 N–H and O–H groups in total. The van der Waals surface area contributed by atoms with Gasteiger partial charge in [0.05, 0.1) is 16.7 Å². The Hall–Kier alpha value is -2.17. The maximum absolute atomic E-state index is 12.8. The second-order valence-electron chi connectivity index (χ2n) is 6.63. The molecule has 1 aromatic carbocycles. The van der Waals surface area contributed by atoms with E-state index in [1.165, 1.54) is 0 Å². The zero-order chi connectivity index (χ0) is 18.1. The van der Waals surface area contributed by atoms with Crippen LogP contribution in [0, 0.1) is 17.8 Å². The van der Waals surface area contributed by atoms with Gasteiger partial charge in [0, 0.05) is 6.42 Å². The molecule has 1 aliphatic rings. The lowest BCUT2D eigenvalue weighted by Gasteiger charge is -2.51. The van der Waals surface area contributed by atoms with Crippen LogP contribution in [-0.4, -0.2) is 27.9 Å². The first kappa shape index (κ1) is 18.2. The lowest BCUT2D eigenvalue weighted by Crippen LogP contribution is -2.59. The van der Waals surface area contributed by atoms with E-state index in [4.69, 9.17) is 0 Å². The van der Waals surface area contributed by atoms with Crippen LogP contribution in [0.3, 0.4) is 0 Å². The highest BCUT2D eigenvalue weighted by Gasteiger charge is 2.67. The third kappa shape index (κ3) is 2.26. The normalized spacial score (nSPS) is 30.1. The van der Waals surface area contributed by atoms with Crippen molar-refractivity contribution in [2.75, 3.05) is 0 Å². The maximum atomic E-state index is 12.8. The summed E-state index contributed by atoms with van der Waals surface area (Å²) in [6.07, 6.45) is 0.430. The molecule has 0 aliphatic heterocycles. The van der Waals surface area contributed by atoms with Crippen molar-refractivity contribution in [1.29, 1.82) is 0 Å². The Kier molecular flexibility index (Phi) is 4.83. The molecule has 5 nitrogen and oxygen atoms in total. The molecule has 0 bridgehead atoms. The number of rotatable bonds is 5. The van der Waals surface area contributed by atoms with Crippen LogP contribution in [0.4, 0.5) is 0 Å². The summed E-state index contributed by atoms with van der Waals surface area (Å²) < 4.78 is 0. The molecule has 0 saturated heterocycles. The maximum Gasteiger partial charge on any atom is 0.311 e. The quantitative estimate of drug-likeness (QED) is 0.862. The van der Waals surface area contributed by atoms with Gasteiger partial charge in [0.25, 0.3) is 0 Å². The fourth-order valence-electron chi connectivity index (χ4n) is 4.57. The van der Waals surface area contributed by atoms with Gasteiger partial charge in [-0.25, -0.2) is 0 Å². The van der Waals surface area contributed by atoms with E-state index in [0.717, 1.165) is 5.56 Å². The summed E-state index contributed by atoms with van der Waals surface area (Å²) in [5, 5.41) is 20.1. The molecule has 0 amide bonds. The number of ketones is 1. The SMILES string of the molecule is CC[C@@]1(C(=O)O)CCC(=O)[C@@H](c2ccccc2C)[C@@]1(CC)C(=O)O. The van der Waals surface area contributed by atoms with Gasteiger partial charge in [-0.2, -0.15) is 0 Å². The van der Waals surface area contributed by atoms with E-state index in [9.17, 15) is 24.6 Å². The van der Waals surface area contributed by atoms with Gasteiger partial charge >= 0.3 is 11.9 Å². The Morgan fingerprint density at radius 2 is 1.75 bits per heavy atom. The van der Waals surface area contributed by atoms with Gasteiger partial charge < -0.3 is 10.2 Å². The Balaban J connectivity index is 2.83. The standard InChI is InChI=1S/C19H24O5/c1-4-18(16(21)22)11-10-14(20)15(19(18,5-2)17(23)24)13-9-7-6-8-12(13)3/h6-9,15H,4-5,10-11H2,1-3H3,(H,21,22)(H,23,24)/t15-,18+,19+/m1/s1. The number of Topliss-reactive ketones (excluding diaryl/α,β-unsaturated/α-hetero) is 1. The van der Waals surface area contributed by atoms with Gasteiger partial charge in [-0.1, -0.05) is 38.1 Å². The van der Waals surface area contributed by atoms with E-state index in [1.807, 2.05) is 19.1 Å². The van der Waals surface area contributed by atoms with Crippen molar-refractivity contribution in [3.05, 3.63) is 35.4 Å². The largest absolute Gasteiger partial charge is 0.481 e. The van der Waals surface area contributed by atoms with Crippen molar-refractivity contribution in [2.24, 2.45) is 10.8 Å². The van der Waals surface area contributed by atoms with Gasteiger partial charge in [-0.15, -0.1) is 0 Å². The summed E-state index contributed by atoms with van der Waals surface area (Å²) in [6, 6.07) is 7.17. The van der Waals surface area contributed by atoms with Gasteiger partial charge in [0.15, 0.2) is 0 Å². The van der Waals surface area contributed by atoms with Crippen LogP contribution in [0.25, 0.3) is 0 Å². The summed E-state index contributed by atoms with van der Waals surface area (Å²) in [4.78, 5) is 37.4. The third-order valence-electron chi connectivity index (χ3n) is 5.92. The molecule has 24 heavy (non-hydrogen) atoms. The summed E-state index contributed by atoms with van der Waals surface area (Å²) in [6.45, 7) is 5.20. The molecule has 130 valence electrons. The first-order valence-electron chi connectivity index (χ1n) is 8.33. The van der Waals surface area contributed by atoms with Crippen LogP contribution in [0.1, 0.15) is 56.6 Å². The second-order valence-corrected chi connectivity index (χ2v) is 6.63. The zero-order valence-corrected chi connectivity index (χ0v) is 14.3. The summed E-state index contributed by atoms with van der Waals surface area (Å²) in [5.41, 5.74) is -1.65. The first-order chi connectivity index (χ1) is 11.3. The molecule has 0 aromatic heterocycles. The predicted molar refractivity (Wildman–Crippen MR) is 88.9 cm³/mol. The number of carbonyl (C=O) groups excluding carboxylic acids is 1. The minimum Gasteiger partial charge on any atom is -0.481 e. The number of carboxylic acids is 2. The smallest absolute Gasteiger partial charge is 0.311 e. The molecular formula is C19H24O5. The fourth-order valence-corrected chi connectivity index (χ4v) is 4.57. The molecule has 0 spiro atoms. The van der Waals surface area contributed by atoms with E-state index in [-0.39, 0.29) is 31.5 Å². The van der Waals surface area contributed by atoms with Crippen LogP contribution >= 0.6 is 0 Å². The van der Waals surface area contributed by atoms with Gasteiger partial charge in [-0.3, -0.25) is 14.4 Å². The Bertz CT molecular complexity index is 680. The number of aryl methyl sites for hydroxylation is 1. The Morgan fingerprint density at radius 3 is 2.21 bits per heavy atom. The monoisotopic (exact) mass is 332 g/mol. The number of benzene rings is 1. The molecule has 1 saturated carbocycles. The average Bonchev–Trinajstić information content (AvgIpc) is 2.54. The third-order valence-corrected chi connectivity index (χ3v) is 5.92. The van der Waals surface area contributed by atoms with Crippen LogP contribution in [0.15, 0.2) is 24.3 Å².